The third kappa shape index (κ3) is 21.9. The Morgan fingerprint density at radius 3 is 1.78 bits per heavy atom. The highest BCUT2D eigenvalue weighted by atomic mass is 16.7. The number of aliphatic hydroxyl groups is 12. The van der Waals surface area contributed by atoms with Crippen LogP contribution in [0.25, 0.3) is 0 Å². The molecule has 0 aromatic heterocycles. The van der Waals surface area contributed by atoms with Gasteiger partial charge in [-0.1, -0.05) is 98.9 Å². The van der Waals surface area contributed by atoms with Crippen LogP contribution >= 0.6 is 0 Å². The van der Waals surface area contributed by atoms with Crippen molar-refractivity contribution in [2.75, 3.05) is 26.3 Å². The van der Waals surface area contributed by atoms with Crippen LogP contribution in [-0.2, 0) is 28.5 Å². The molecule has 3 aliphatic rings. The lowest BCUT2D eigenvalue weighted by molar-refractivity contribution is -0.312. The van der Waals surface area contributed by atoms with Gasteiger partial charge in [0.2, 0.25) is 0 Å². The van der Waals surface area contributed by atoms with E-state index in [0.717, 1.165) is 0 Å². The highest BCUT2D eigenvalue weighted by molar-refractivity contribution is 5.71. The summed E-state index contributed by atoms with van der Waals surface area (Å²) >= 11 is 0. The number of aliphatic carboxylic acids is 1. The third-order valence-electron chi connectivity index (χ3n) is 13.6. The first-order valence-corrected chi connectivity index (χ1v) is 25.5. The molecule has 0 spiro atoms. The zero-order chi connectivity index (χ0) is 54.3. The van der Waals surface area contributed by atoms with Gasteiger partial charge in [-0.25, -0.2) is 0 Å². The fraction of sp³-hybridized carbons (Fsp3) is 0.698. The van der Waals surface area contributed by atoms with Crippen LogP contribution in [0.3, 0.4) is 0 Å². The SMILES string of the molecule is C[C@@H]1[C@H](O)[C@@H](C)\C=C/C=C/C=C/C=C/C=C/C=C/C=C/[C@H](O[C@@H]2O[C@H](C)[C@@H](O)[C@H](N(CCCO)CCCO)[C@@H]2O)C[C@@H]2O[C@](O)(C[C@@H](O)C[C@@H](O)[C@H](O)CC[C@@H](O)C[C@@H](O)CC(=O)O[C@H]1C)C[C@H](O)[C@H]2C(=O)O. The molecule has 0 aliphatic carbocycles. The lowest BCUT2D eigenvalue weighted by atomic mass is 9.82. The molecule has 0 amide bonds. The minimum absolute atomic E-state index is 0.121. The number of carbonyl (C=O) groups excluding carboxylic acids is 1. The molecule has 3 heterocycles. The Kier molecular flexibility index (Phi) is 28.7. The summed E-state index contributed by atoms with van der Waals surface area (Å²) in [7, 11) is 0. The molecule has 13 N–H and O–H groups in total. The van der Waals surface area contributed by atoms with Crippen molar-refractivity contribution >= 4 is 11.9 Å². The number of allylic oxidation sites excluding steroid dienone is 12. The van der Waals surface area contributed by atoms with Crippen LogP contribution in [0.5, 0.6) is 0 Å². The van der Waals surface area contributed by atoms with Crippen molar-refractivity contribution in [1.82, 2.24) is 4.90 Å². The molecule has 0 unspecified atom stereocenters. The van der Waals surface area contributed by atoms with Crippen LogP contribution in [0.15, 0.2) is 85.1 Å². The average Bonchev–Trinajstić information content (AvgIpc) is 3.31. The maximum absolute atomic E-state index is 12.7. The summed E-state index contributed by atoms with van der Waals surface area (Å²) in [5, 5.41) is 140. The topological polar surface area (TPSA) is 337 Å². The first kappa shape index (κ1) is 63.8. The maximum Gasteiger partial charge on any atom is 0.311 e. The van der Waals surface area contributed by atoms with Gasteiger partial charge in [-0.05, 0) is 46.0 Å². The number of carboxylic acids is 1. The summed E-state index contributed by atoms with van der Waals surface area (Å²) in [5.41, 5.74) is 0. The van der Waals surface area contributed by atoms with Crippen LogP contribution < -0.4 is 0 Å². The normalized spacial score (nSPS) is 41.9. The number of carbonyl (C=O) groups is 2. The summed E-state index contributed by atoms with van der Waals surface area (Å²) in [6, 6.07) is -0.979. The predicted molar refractivity (Wildman–Crippen MR) is 268 cm³/mol. The predicted octanol–water partition coefficient (Wildman–Crippen LogP) is 0.820. The number of esters is 1. The van der Waals surface area contributed by atoms with E-state index in [4.69, 9.17) is 18.9 Å². The van der Waals surface area contributed by atoms with Gasteiger partial charge >= 0.3 is 11.9 Å². The van der Waals surface area contributed by atoms with Crippen molar-refractivity contribution in [1.29, 1.82) is 0 Å². The van der Waals surface area contributed by atoms with Gasteiger partial charge in [-0.3, -0.25) is 14.5 Å². The van der Waals surface area contributed by atoms with Crippen molar-refractivity contribution in [3.8, 4) is 0 Å². The average molecular weight is 1040 g/mol. The van der Waals surface area contributed by atoms with Gasteiger partial charge in [-0.15, -0.1) is 0 Å². The van der Waals surface area contributed by atoms with Crippen LogP contribution in [0, 0.1) is 17.8 Å². The highest BCUT2D eigenvalue weighted by Gasteiger charge is 2.51. The Balaban J connectivity index is 1.94. The molecule has 0 saturated carbocycles. The second kappa shape index (κ2) is 32.8. The number of fused-ring (bicyclic) bond motifs is 2. The summed E-state index contributed by atoms with van der Waals surface area (Å²) in [6.07, 6.45) is 3.53. The number of carboxylic acid groups (broad SMARTS) is 1. The Labute approximate surface area is 429 Å². The highest BCUT2D eigenvalue weighted by Crippen LogP contribution is 2.38. The molecule has 3 rings (SSSR count). The molecule has 2 fully saturated rings. The van der Waals surface area contributed by atoms with Crippen molar-refractivity contribution in [2.24, 2.45) is 17.8 Å². The summed E-state index contributed by atoms with van der Waals surface area (Å²) < 4.78 is 23.8. The molecule has 20 heteroatoms. The number of ether oxygens (including phenoxy) is 4. The molecule has 2 saturated heterocycles. The van der Waals surface area contributed by atoms with Crippen LogP contribution in [0.4, 0.5) is 0 Å². The van der Waals surface area contributed by atoms with E-state index in [1.807, 2.05) is 13.0 Å². The van der Waals surface area contributed by atoms with Gasteiger partial charge in [0, 0.05) is 63.8 Å². The smallest absolute Gasteiger partial charge is 0.311 e. The number of rotatable bonds is 10. The van der Waals surface area contributed by atoms with Crippen LogP contribution in [0.1, 0.15) is 91.9 Å². The number of hydrogen-bond acceptors (Lipinski definition) is 19. The van der Waals surface area contributed by atoms with Gasteiger partial charge in [-0.2, -0.15) is 0 Å². The molecule has 20 nitrogen and oxygen atoms in total. The van der Waals surface area contributed by atoms with E-state index in [0.29, 0.717) is 12.8 Å². The quantitative estimate of drug-likeness (QED) is 0.135. The zero-order valence-electron chi connectivity index (χ0n) is 42.6. The van der Waals surface area contributed by atoms with Crippen molar-refractivity contribution in [3.05, 3.63) is 85.1 Å². The Bertz CT molecular complexity index is 1820. The van der Waals surface area contributed by atoms with Crippen molar-refractivity contribution in [2.45, 2.75) is 189 Å². The summed E-state index contributed by atoms with van der Waals surface area (Å²) in [4.78, 5) is 27.1. The van der Waals surface area contributed by atoms with E-state index in [2.05, 4.69) is 0 Å². The van der Waals surface area contributed by atoms with E-state index in [-0.39, 0.29) is 57.9 Å². The van der Waals surface area contributed by atoms with Gasteiger partial charge < -0.3 is 85.3 Å². The molecule has 416 valence electrons. The minimum Gasteiger partial charge on any atom is -0.481 e. The van der Waals surface area contributed by atoms with Gasteiger partial charge in [0.05, 0.1) is 79.6 Å². The molecular weight excluding hydrogens is 955 g/mol. The molecule has 0 radical (unpaired) electrons. The fourth-order valence-electron chi connectivity index (χ4n) is 9.30. The van der Waals surface area contributed by atoms with Gasteiger partial charge in [0.15, 0.2) is 12.1 Å². The summed E-state index contributed by atoms with van der Waals surface area (Å²) in [5.74, 6) is -6.95. The monoisotopic (exact) mass is 1040 g/mol. The third-order valence-corrected chi connectivity index (χ3v) is 13.6. The van der Waals surface area contributed by atoms with E-state index >= 15 is 0 Å². The second-order valence-corrected chi connectivity index (χ2v) is 19.7. The number of cyclic esters (lactones) is 1. The maximum atomic E-state index is 12.7. The zero-order valence-corrected chi connectivity index (χ0v) is 42.6. The Hall–Kier alpha value is -3.52. The van der Waals surface area contributed by atoms with Crippen LogP contribution in [-0.4, -0.2) is 207 Å². The molecule has 73 heavy (non-hydrogen) atoms. The van der Waals surface area contributed by atoms with E-state index in [1.165, 1.54) is 6.08 Å². The first-order valence-electron chi connectivity index (χ1n) is 25.5. The molecule has 19 atom stereocenters. The lowest BCUT2D eigenvalue weighted by Gasteiger charge is -2.47. The van der Waals surface area contributed by atoms with Gasteiger partial charge in [0.1, 0.15) is 18.1 Å². The lowest BCUT2D eigenvalue weighted by Crippen LogP contribution is -2.64. The summed E-state index contributed by atoms with van der Waals surface area (Å²) in [6.45, 7) is 6.95. The van der Waals surface area contributed by atoms with E-state index in [9.17, 15) is 76.0 Å². The van der Waals surface area contributed by atoms with Crippen LogP contribution in [0.2, 0.25) is 0 Å². The van der Waals surface area contributed by atoms with Crippen molar-refractivity contribution < 1.29 is 94.9 Å². The van der Waals surface area contributed by atoms with Crippen molar-refractivity contribution in [3.63, 3.8) is 0 Å². The number of hydrogen-bond donors (Lipinski definition) is 13. The van der Waals surface area contributed by atoms with E-state index < -0.39 is 147 Å². The van der Waals surface area contributed by atoms with Gasteiger partial charge in [0.25, 0.3) is 0 Å². The molecule has 0 aromatic rings. The van der Waals surface area contributed by atoms with E-state index in [1.54, 1.807) is 98.6 Å². The molecule has 2 bridgehead atoms. The first-order chi connectivity index (χ1) is 34.6. The Morgan fingerprint density at radius 1 is 0.658 bits per heavy atom. The second-order valence-electron chi connectivity index (χ2n) is 19.7. The fourth-order valence-corrected chi connectivity index (χ4v) is 9.30. The standard InChI is InChI=1S/C53H85NO19/c1-33-19-15-13-11-9-7-5-6-8-10-12-14-16-20-40(72-52-50(66)47(49(65)36(4)71-52)54(23-17-25-55)24-18-26-56)30-44-46(51(67)68)43(62)32-53(69,73-44)31-39(59)28-42(61)41(60)22-21-37(57)27-38(58)29-45(63)70-35(3)34(2)48(33)64/h5-16,19-20,33-44,46-50,52,55-62,64-66,69H,17-18,21-32H2,1-4H3,(H,67,68)/b6-5+,9-7+,10-8+,13-11+,14-12+,19-15-,20-16+/t33-,34-,35-,36+,37+,38+,39-,40-,41+,42+,43-,44-,46+,47-,48+,49+,50-,52-,53+/m0/s1. The number of nitrogens with zero attached hydrogens (tertiary/aromatic N) is 1. The molecule has 3 aliphatic heterocycles. The number of aliphatic hydroxyl groups excluding tert-OH is 11. The Morgan fingerprint density at radius 2 is 1.22 bits per heavy atom. The largest absolute Gasteiger partial charge is 0.481 e. The molecular formula is C53H85NO19. The molecule has 0 aromatic carbocycles. The minimum atomic E-state index is -2.36.